The van der Waals surface area contributed by atoms with Crippen LogP contribution in [0.3, 0.4) is 0 Å². The number of benzene rings is 1. The number of aliphatic carboxylic acids is 1. The summed E-state index contributed by atoms with van der Waals surface area (Å²) >= 11 is 1.35. The van der Waals surface area contributed by atoms with Gasteiger partial charge >= 0.3 is 12.1 Å². The van der Waals surface area contributed by atoms with E-state index in [-0.39, 0.29) is 11.5 Å². The minimum absolute atomic E-state index is 0.0821. The van der Waals surface area contributed by atoms with E-state index in [1.54, 1.807) is 0 Å². The van der Waals surface area contributed by atoms with Gasteiger partial charge in [-0.15, -0.1) is 11.3 Å². The van der Waals surface area contributed by atoms with Crippen LogP contribution >= 0.6 is 11.3 Å². The number of hydrogen-bond donors (Lipinski definition) is 2. The third-order valence-corrected chi connectivity index (χ3v) is 7.27. The topological polar surface area (TPSA) is 101 Å². The van der Waals surface area contributed by atoms with Crippen molar-refractivity contribution in [3.63, 3.8) is 0 Å². The number of rotatable bonds is 8. The fraction of sp³-hybridized carbons (Fsp3) is 0.480. The number of nitrogens with zero attached hydrogens (tertiary/aromatic N) is 2. The summed E-state index contributed by atoms with van der Waals surface area (Å²) in [4.78, 5) is 38.1. The minimum atomic E-state index is -5.08. The second-order valence-corrected chi connectivity index (χ2v) is 9.62. The number of nitrogens with one attached hydrogen (secondary N) is 1. The Labute approximate surface area is 215 Å². The predicted molar refractivity (Wildman–Crippen MR) is 137 cm³/mol. The highest BCUT2D eigenvalue weighted by atomic mass is 32.1. The molecule has 2 aromatic heterocycles. The van der Waals surface area contributed by atoms with Gasteiger partial charge in [0.05, 0.1) is 17.3 Å². The third kappa shape index (κ3) is 6.61. The van der Waals surface area contributed by atoms with Gasteiger partial charge < -0.3 is 24.6 Å². The normalized spacial score (nSPS) is 14.0. The van der Waals surface area contributed by atoms with E-state index in [9.17, 15) is 22.8 Å². The molecule has 12 heteroatoms. The molecule has 8 nitrogen and oxygen atoms in total. The molecular formula is C25H30F3N3O5S. The number of amides is 1. The monoisotopic (exact) mass is 541 g/mol. The van der Waals surface area contributed by atoms with Crippen LogP contribution in [-0.2, 0) is 11.3 Å². The zero-order chi connectivity index (χ0) is 27.2. The van der Waals surface area contributed by atoms with Gasteiger partial charge in [0.15, 0.2) is 5.75 Å². The molecule has 1 amide bonds. The summed E-state index contributed by atoms with van der Waals surface area (Å²) in [6.45, 7) is 6.42. The van der Waals surface area contributed by atoms with Crippen molar-refractivity contribution in [3.8, 4) is 5.75 Å². The van der Waals surface area contributed by atoms with Crippen LogP contribution in [0.15, 0.2) is 29.1 Å². The standard InChI is InChI=1S/C23H29N3O3S.C2HF3O2/c1-3-4-14-26-17-10-6-5-9-16(17)20-18(23(26)28)19(29-2)21(30-20)22(27)24-11-15-25-12-7-8-13-25;3-2(4,5)1(6)7/h5-6,9-10H,3-4,7-8,11-15H2,1-2H3,(H,24,27);(H,6,7). The number of halogens is 3. The number of unbranched alkanes of at least 4 members (excludes halogenated alkanes) is 1. The molecule has 0 atom stereocenters. The van der Waals surface area contributed by atoms with Crippen molar-refractivity contribution in [2.75, 3.05) is 33.3 Å². The molecule has 0 radical (unpaired) electrons. The SMILES string of the molecule is CCCCn1c(=O)c2c(OC)c(C(=O)NCCN3CCCC3)sc2c2ccccc21.O=C(O)C(F)(F)F. The number of aryl methyl sites for hydroxylation is 1. The van der Waals surface area contributed by atoms with Gasteiger partial charge in [-0.25, -0.2) is 4.79 Å². The quantitative estimate of drug-likeness (QED) is 0.436. The molecule has 1 aliphatic heterocycles. The van der Waals surface area contributed by atoms with Crippen LogP contribution in [0.2, 0.25) is 0 Å². The summed E-state index contributed by atoms with van der Waals surface area (Å²) < 4.78 is 40.0. The number of hydrogen-bond acceptors (Lipinski definition) is 6. The number of carbonyl (C=O) groups is 2. The second-order valence-electron chi connectivity index (χ2n) is 8.60. The fourth-order valence-corrected chi connectivity index (χ4v) is 5.45. The third-order valence-electron chi connectivity index (χ3n) is 6.06. The van der Waals surface area contributed by atoms with E-state index in [1.165, 1.54) is 31.3 Å². The molecule has 0 aliphatic carbocycles. The number of ether oxygens (including phenoxy) is 1. The molecule has 1 saturated heterocycles. The van der Waals surface area contributed by atoms with Crippen LogP contribution in [0, 0.1) is 0 Å². The predicted octanol–water partition coefficient (Wildman–Crippen LogP) is 4.48. The van der Waals surface area contributed by atoms with Gasteiger partial charge in [0, 0.05) is 25.0 Å². The molecular weight excluding hydrogens is 511 g/mol. The number of methoxy groups -OCH3 is 1. The molecule has 1 aromatic carbocycles. The lowest BCUT2D eigenvalue weighted by Crippen LogP contribution is -2.33. The smallest absolute Gasteiger partial charge is 0.490 e. The van der Waals surface area contributed by atoms with E-state index >= 15 is 0 Å². The first-order valence-corrected chi connectivity index (χ1v) is 12.8. The van der Waals surface area contributed by atoms with Crippen LogP contribution in [0.1, 0.15) is 42.3 Å². The molecule has 0 spiro atoms. The number of likely N-dealkylation sites (tertiary alicyclic amines) is 1. The highest BCUT2D eigenvalue weighted by molar-refractivity contribution is 7.22. The lowest BCUT2D eigenvalue weighted by molar-refractivity contribution is -0.192. The summed E-state index contributed by atoms with van der Waals surface area (Å²) in [5, 5.41) is 11.6. The minimum Gasteiger partial charge on any atom is -0.494 e. The van der Waals surface area contributed by atoms with Crippen LogP contribution in [-0.4, -0.2) is 65.9 Å². The van der Waals surface area contributed by atoms with Crippen molar-refractivity contribution in [1.29, 1.82) is 0 Å². The van der Waals surface area contributed by atoms with Gasteiger partial charge in [0.2, 0.25) is 0 Å². The number of fused-ring (bicyclic) bond motifs is 3. The Morgan fingerprint density at radius 1 is 1.16 bits per heavy atom. The summed E-state index contributed by atoms with van der Waals surface area (Å²) in [6, 6.07) is 7.92. The van der Waals surface area contributed by atoms with Crippen molar-refractivity contribution in [1.82, 2.24) is 14.8 Å². The van der Waals surface area contributed by atoms with Crippen molar-refractivity contribution in [2.45, 2.75) is 45.3 Å². The van der Waals surface area contributed by atoms with Crippen LogP contribution in [0.25, 0.3) is 21.0 Å². The highest BCUT2D eigenvalue weighted by Crippen LogP contribution is 2.39. The Hall–Kier alpha value is -3.12. The molecule has 3 aromatic rings. The molecule has 3 heterocycles. The largest absolute Gasteiger partial charge is 0.494 e. The van der Waals surface area contributed by atoms with Gasteiger partial charge in [-0.2, -0.15) is 13.2 Å². The second kappa shape index (κ2) is 12.4. The summed E-state index contributed by atoms with van der Waals surface area (Å²) in [7, 11) is 1.54. The first-order valence-electron chi connectivity index (χ1n) is 12.0. The maximum atomic E-state index is 13.4. The van der Waals surface area contributed by atoms with Crippen LogP contribution < -0.4 is 15.6 Å². The molecule has 37 heavy (non-hydrogen) atoms. The van der Waals surface area contributed by atoms with E-state index in [2.05, 4.69) is 17.1 Å². The molecule has 0 bridgehead atoms. The van der Waals surface area contributed by atoms with E-state index in [1.807, 2.05) is 28.8 Å². The Morgan fingerprint density at radius 3 is 2.41 bits per heavy atom. The summed E-state index contributed by atoms with van der Waals surface area (Å²) in [5.41, 5.74) is 0.828. The van der Waals surface area contributed by atoms with Gasteiger partial charge in [-0.3, -0.25) is 9.59 Å². The number of carboxylic acid groups (broad SMARTS) is 1. The number of carboxylic acids is 1. The zero-order valence-corrected chi connectivity index (χ0v) is 21.5. The number of carbonyl (C=O) groups excluding carboxylic acids is 1. The Morgan fingerprint density at radius 2 is 1.81 bits per heavy atom. The van der Waals surface area contributed by atoms with E-state index in [0.29, 0.717) is 29.1 Å². The van der Waals surface area contributed by atoms with Crippen molar-refractivity contribution in [2.24, 2.45) is 0 Å². The Balaban J connectivity index is 0.000000479. The lowest BCUT2D eigenvalue weighted by Gasteiger charge is -2.14. The Kier molecular flexibility index (Phi) is 9.55. The van der Waals surface area contributed by atoms with Gasteiger partial charge in [0.1, 0.15) is 10.3 Å². The van der Waals surface area contributed by atoms with Gasteiger partial charge in [0.25, 0.3) is 11.5 Å². The average Bonchev–Trinajstić information content (AvgIpc) is 3.52. The fourth-order valence-electron chi connectivity index (χ4n) is 4.24. The first kappa shape index (κ1) is 28.5. The van der Waals surface area contributed by atoms with E-state index in [0.717, 1.165) is 48.1 Å². The Bertz CT molecular complexity index is 1310. The molecule has 1 fully saturated rings. The van der Waals surface area contributed by atoms with Crippen molar-refractivity contribution >= 4 is 44.2 Å². The van der Waals surface area contributed by atoms with Crippen LogP contribution in [0.5, 0.6) is 5.75 Å². The molecule has 4 rings (SSSR count). The van der Waals surface area contributed by atoms with E-state index < -0.39 is 12.1 Å². The highest BCUT2D eigenvalue weighted by Gasteiger charge is 2.38. The number of pyridine rings is 1. The summed E-state index contributed by atoms with van der Waals surface area (Å²) in [5.74, 6) is -2.53. The van der Waals surface area contributed by atoms with Crippen LogP contribution in [0.4, 0.5) is 13.2 Å². The maximum absolute atomic E-state index is 13.4. The zero-order valence-electron chi connectivity index (χ0n) is 20.7. The molecule has 0 unspecified atom stereocenters. The van der Waals surface area contributed by atoms with E-state index in [4.69, 9.17) is 14.6 Å². The first-order chi connectivity index (χ1) is 17.6. The number of para-hydroxylation sites is 1. The molecule has 202 valence electrons. The van der Waals surface area contributed by atoms with Gasteiger partial charge in [-0.1, -0.05) is 31.5 Å². The van der Waals surface area contributed by atoms with Crippen molar-refractivity contribution in [3.05, 3.63) is 39.5 Å². The molecule has 0 saturated carbocycles. The molecule has 1 aliphatic rings. The number of alkyl halides is 3. The number of thiophene rings is 1. The van der Waals surface area contributed by atoms with Crippen molar-refractivity contribution < 1.29 is 32.6 Å². The number of aromatic nitrogens is 1. The maximum Gasteiger partial charge on any atom is 0.490 e. The average molecular weight is 542 g/mol. The molecule has 2 N–H and O–H groups in total. The van der Waals surface area contributed by atoms with Gasteiger partial charge in [-0.05, 0) is 38.4 Å². The summed E-state index contributed by atoms with van der Waals surface area (Å²) in [6.07, 6.45) is -0.694. The lowest BCUT2D eigenvalue weighted by atomic mass is 10.1.